The molecule has 1 aliphatic carbocycles. The molecule has 5 heteroatoms. The summed E-state index contributed by atoms with van der Waals surface area (Å²) in [7, 11) is 5.76. The van der Waals surface area contributed by atoms with Crippen molar-refractivity contribution in [2.45, 2.75) is 41.2 Å². The van der Waals surface area contributed by atoms with Crippen molar-refractivity contribution in [1.29, 1.82) is 0 Å². The number of methoxy groups -OCH3 is 2. The first-order valence-corrected chi connectivity index (χ1v) is 10.8. The number of thioether (sulfide) groups is 2. The third-order valence-electron chi connectivity index (χ3n) is 6.24. The molecule has 1 aromatic rings. The van der Waals surface area contributed by atoms with E-state index in [1.54, 1.807) is 14.2 Å². The molecule has 0 unspecified atom stereocenters. The molecule has 0 radical (unpaired) electrons. The second-order valence-electron chi connectivity index (χ2n) is 7.30. The zero-order chi connectivity index (χ0) is 16.8. The van der Waals surface area contributed by atoms with E-state index in [0.29, 0.717) is 10.1 Å². The Kier molecular flexibility index (Phi) is 4.46. The largest absolute Gasteiger partial charge is 0.493 e. The third-order valence-corrected chi connectivity index (χ3v) is 9.77. The van der Waals surface area contributed by atoms with Gasteiger partial charge in [0.1, 0.15) is 0 Å². The van der Waals surface area contributed by atoms with Crippen LogP contribution in [-0.4, -0.2) is 54.3 Å². The van der Waals surface area contributed by atoms with Gasteiger partial charge in [-0.25, -0.2) is 0 Å². The topological polar surface area (TPSA) is 21.7 Å². The lowest BCUT2D eigenvalue weighted by atomic mass is 9.65. The number of rotatable bonds is 3. The Morgan fingerprint density at radius 3 is 2.54 bits per heavy atom. The average Bonchev–Trinajstić information content (AvgIpc) is 3.20. The van der Waals surface area contributed by atoms with E-state index in [-0.39, 0.29) is 5.41 Å². The first-order chi connectivity index (χ1) is 11.6. The molecular formula is C19H27NO2S2. The highest BCUT2D eigenvalue weighted by molar-refractivity contribution is 8.21. The first kappa shape index (κ1) is 16.9. The van der Waals surface area contributed by atoms with Gasteiger partial charge < -0.3 is 14.4 Å². The summed E-state index contributed by atoms with van der Waals surface area (Å²) in [5.74, 6) is 4.32. The van der Waals surface area contributed by atoms with Crippen LogP contribution in [0.1, 0.15) is 31.2 Å². The SMILES string of the molecule is COc1ccc([C@@]23CCN(C)[C@H]2CCC2(C3)SCCS2)cc1OC. The summed E-state index contributed by atoms with van der Waals surface area (Å²) in [5, 5.41) is 0. The average molecular weight is 366 g/mol. The van der Waals surface area contributed by atoms with E-state index in [1.807, 2.05) is 0 Å². The summed E-state index contributed by atoms with van der Waals surface area (Å²) in [6.07, 6.45) is 5.21. The van der Waals surface area contributed by atoms with Crippen molar-refractivity contribution in [1.82, 2.24) is 4.90 Å². The molecule has 0 aromatic heterocycles. The summed E-state index contributed by atoms with van der Waals surface area (Å²) < 4.78 is 11.5. The Hall–Kier alpha value is -0.520. The molecule has 0 bridgehead atoms. The molecule has 3 nitrogen and oxygen atoms in total. The zero-order valence-electron chi connectivity index (χ0n) is 14.8. The molecule has 4 rings (SSSR count). The fourth-order valence-corrected chi connectivity index (χ4v) is 8.56. The van der Waals surface area contributed by atoms with Crippen molar-refractivity contribution in [3.8, 4) is 11.5 Å². The van der Waals surface area contributed by atoms with E-state index in [1.165, 1.54) is 49.3 Å². The zero-order valence-corrected chi connectivity index (χ0v) is 16.5. The number of likely N-dealkylation sites (N-methyl/N-ethyl adjacent to an activating group) is 1. The molecule has 2 aliphatic heterocycles. The summed E-state index contributed by atoms with van der Waals surface area (Å²) in [6.45, 7) is 1.20. The van der Waals surface area contributed by atoms with Crippen LogP contribution in [0.4, 0.5) is 0 Å². The smallest absolute Gasteiger partial charge is 0.161 e. The van der Waals surface area contributed by atoms with E-state index in [0.717, 1.165) is 11.5 Å². The van der Waals surface area contributed by atoms with E-state index in [2.05, 4.69) is 53.7 Å². The number of likely N-dealkylation sites (tertiary alicyclic amines) is 1. The molecule has 0 amide bonds. The molecule has 2 saturated heterocycles. The van der Waals surface area contributed by atoms with Crippen LogP contribution in [-0.2, 0) is 5.41 Å². The Morgan fingerprint density at radius 1 is 1.08 bits per heavy atom. The molecule has 2 atom stereocenters. The van der Waals surface area contributed by atoms with Crippen LogP contribution in [0.15, 0.2) is 18.2 Å². The molecule has 2 heterocycles. The molecule has 132 valence electrons. The van der Waals surface area contributed by atoms with Crippen LogP contribution in [0, 0.1) is 0 Å². The highest BCUT2D eigenvalue weighted by Crippen LogP contribution is 2.61. The minimum atomic E-state index is 0.261. The lowest BCUT2D eigenvalue weighted by Gasteiger charge is -2.49. The maximum Gasteiger partial charge on any atom is 0.161 e. The van der Waals surface area contributed by atoms with Gasteiger partial charge in [0.05, 0.1) is 18.3 Å². The van der Waals surface area contributed by atoms with Gasteiger partial charge in [0.25, 0.3) is 0 Å². The van der Waals surface area contributed by atoms with E-state index in [4.69, 9.17) is 9.47 Å². The van der Waals surface area contributed by atoms with Crippen molar-refractivity contribution in [3.63, 3.8) is 0 Å². The van der Waals surface area contributed by atoms with E-state index >= 15 is 0 Å². The standard InChI is InChI=1S/C19H27NO2S2/c1-20-9-8-18(14-4-5-15(21-2)16(12-14)22-3)13-19(7-6-17(18)20)23-10-11-24-19/h4-5,12,17H,6-11,13H2,1-3H3/t17-,18-/m0/s1. The Balaban J connectivity index is 1.76. The number of benzene rings is 1. The number of nitrogens with zero attached hydrogens (tertiary/aromatic N) is 1. The lowest BCUT2D eigenvalue weighted by molar-refractivity contribution is 0.179. The number of fused-ring (bicyclic) bond motifs is 1. The summed E-state index contributed by atoms with van der Waals surface area (Å²) in [4.78, 5) is 2.59. The second kappa shape index (κ2) is 6.33. The Bertz CT molecular complexity index is 617. The fourth-order valence-electron chi connectivity index (χ4n) is 5.08. The van der Waals surface area contributed by atoms with Crippen LogP contribution < -0.4 is 9.47 Å². The lowest BCUT2D eigenvalue weighted by Crippen LogP contribution is -2.49. The van der Waals surface area contributed by atoms with Gasteiger partial charge in [0.2, 0.25) is 0 Å². The van der Waals surface area contributed by atoms with Gasteiger partial charge in [0, 0.05) is 23.0 Å². The third kappa shape index (κ3) is 2.55. The highest BCUT2D eigenvalue weighted by Gasteiger charge is 2.56. The number of hydrogen-bond donors (Lipinski definition) is 0. The van der Waals surface area contributed by atoms with Gasteiger partial charge in [-0.05, 0) is 57.0 Å². The maximum absolute atomic E-state index is 5.61. The normalized spacial score (nSPS) is 32.0. The van der Waals surface area contributed by atoms with Crippen LogP contribution in [0.25, 0.3) is 0 Å². The quantitative estimate of drug-likeness (QED) is 0.805. The first-order valence-electron chi connectivity index (χ1n) is 8.83. The van der Waals surface area contributed by atoms with Gasteiger partial charge in [0.15, 0.2) is 11.5 Å². The molecule has 3 fully saturated rings. The van der Waals surface area contributed by atoms with Gasteiger partial charge in [-0.1, -0.05) is 6.07 Å². The number of ether oxygens (including phenoxy) is 2. The predicted octanol–water partition coefficient (Wildman–Crippen LogP) is 4.01. The van der Waals surface area contributed by atoms with E-state index < -0.39 is 0 Å². The highest BCUT2D eigenvalue weighted by atomic mass is 32.2. The van der Waals surface area contributed by atoms with Crippen molar-refractivity contribution in [3.05, 3.63) is 23.8 Å². The van der Waals surface area contributed by atoms with Crippen molar-refractivity contribution in [2.75, 3.05) is 39.3 Å². The monoisotopic (exact) mass is 365 g/mol. The Morgan fingerprint density at radius 2 is 1.83 bits per heavy atom. The molecule has 1 spiro atoms. The molecule has 24 heavy (non-hydrogen) atoms. The fraction of sp³-hybridized carbons (Fsp3) is 0.684. The summed E-state index contributed by atoms with van der Waals surface area (Å²) >= 11 is 4.43. The van der Waals surface area contributed by atoms with Crippen molar-refractivity contribution < 1.29 is 9.47 Å². The summed E-state index contributed by atoms with van der Waals surface area (Å²) in [6, 6.07) is 7.28. The molecule has 1 aromatic carbocycles. The van der Waals surface area contributed by atoms with Gasteiger partial charge in [-0.15, -0.1) is 23.5 Å². The maximum atomic E-state index is 5.61. The summed E-state index contributed by atoms with van der Waals surface area (Å²) in [5.41, 5.74) is 1.71. The van der Waals surface area contributed by atoms with Crippen LogP contribution >= 0.6 is 23.5 Å². The van der Waals surface area contributed by atoms with E-state index in [9.17, 15) is 0 Å². The van der Waals surface area contributed by atoms with Gasteiger partial charge in [-0.2, -0.15) is 0 Å². The van der Waals surface area contributed by atoms with Gasteiger partial charge in [-0.3, -0.25) is 0 Å². The second-order valence-corrected chi connectivity index (χ2v) is 10.5. The van der Waals surface area contributed by atoms with Crippen molar-refractivity contribution in [2.24, 2.45) is 0 Å². The van der Waals surface area contributed by atoms with Crippen molar-refractivity contribution >= 4 is 23.5 Å². The van der Waals surface area contributed by atoms with Gasteiger partial charge >= 0.3 is 0 Å². The minimum Gasteiger partial charge on any atom is -0.493 e. The predicted molar refractivity (Wildman–Crippen MR) is 104 cm³/mol. The molecule has 3 aliphatic rings. The molecule has 0 N–H and O–H groups in total. The van der Waals surface area contributed by atoms with Crippen LogP contribution in [0.2, 0.25) is 0 Å². The van der Waals surface area contributed by atoms with Crippen LogP contribution in [0.3, 0.4) is 0 Å². The van der Waals surface area contributed by atoms with Crippen LogP contribution in [0.5, 0.6) is 11.5 Å². The minimum absolute atomic E-state index is 0.261. The molecular weight excluding hydrogens is 338 g/mol. The Labute approximate surface area is 153 Å². The molecule has 1 saturated carbocycles. The number of hydrogen-bond acceptors (Lipinski definition) is 5.